The molecule has 15 aliphatic heterocycles. The van der Waals surface area contributed by atoms with E-state index in [1.54, 1.807) is 0 Å². The smallest absolute Gasteiger partial charge is 0.550 e. The fraction of sp³-hybridized carbons (Fsp3) is 0.970. The number of carboxylic acids is 3. The first kappa shape index (κ1) is 90.7. The van der Waals surface area contributed by atoms with Crippen LogP contribution < -0.4 is 143 Å². The first-order chi connectivity index (χ1) is 63.4. The first-order valence-corrected chi connectivity index (χ1v) is 55.2. The maximum atomic E-state index is 12.5. The van der Waals surface area contributed by atoms with Crippen LogP contribution in [0.1, 0.15) is 289 Å². The Morgan fingerprint density at radius 1 is 0.131 bits per heavy atom. The zero-order chi connectivity index (χ0) is 86.0. The molecule has 51 atom stereocenters. The SMILES string of the molecule is O=C([O-])C1CCCC2C3NC4NC(NC5NC(NC6NC(NC(N3)C12)C1CCCCC61)C1CCCCC51)C1CCCCC41.O=C([O-])C1CCCC2C3NC4NC(NC5NC(NC6NC(NC(N3)C12)C1CCCCC61)C1CCCCC51)C1CCCCC41.O=C([O-])C1CCCC2C3NC4NC(NC5NC(NC6NC(NC(N3)C12)C1CCCCC61)C1CCCCC51)C1CCCCC41.[Au+3]. The number of hydrogen-bond donors (Lipinski definition) is 24. The van der Waals surface area contributed by atoms with Gasteiger partial charge in [0.15, 0.2) is 0 Å². The van der Waals surface area contributed by atoms with Crippen LogP contribution in [0, 0.1) is 160 Å². The van der Waals surface area contributed by atoms with Crippen molar-refractivity contribution in [3.63, 3.8) is 0 Å². The maximum Gasteiger partial charge on any atom is 3.00 e. The summed E-state index contributed by atoms with van der Waals surface area (Å²) in [4.78, 5) is 37.6. The van der Waals surface area contributed by atoms with Gasteiger partial charge in [-0.15, -0.1) is 0 Å². The quantitative estimate of drug-likeness (QED) is 0.179. The molecule has 0 aromatic rings. The Bertz CT molecular complexity index is 3530. The molecule has 12 saturated carbocycles. The fourth-order valence-electron chi connectivity index (χ4n) is 37.0. The molecule has 31 heteroatoms. The van der Waals surface area contributed by atoms with Crippen LogP contribution in [-0.4, -0.2) is 166 Å². The monoisotopic (exact) mass is 1980 g/mol. The van der Waals surface area contributed by atoms with Crippen LogP contribution in [0.5, 0.6) is 0 Å². The third-order valence-electron chi connectivity index (χ3n) is 42.6. The summed E-state index contributed by atoms with van der Waals surface area (Å²) in [7, 11) is 0. The molecule has 15 saturated heterocycles. The molecule has 0 radical (unpaired) electrons. The summed E-state index contributed by atoms with van der Waals surface area (Å²) < 4.78 is 0. The van der Waals surface area contributed by atoms with Gasteiger partial charge in [-0.2, -0.15) is 0 Å². The largest absolute Gasteiger partial charge is 3.00 e. The average molecular weight is 1980 g/mol. The normalized spacial score (nSPS) is 55.6. The van der Waals surface area contributed by atoms with E-state index in [0.717, 1.165) is 57.8 Å². The molecule has 0 aromatic heterocycles. The number of nitrogens with one attached hydrogen (secondary N) is 24. The van der Waals surface area contributed by atoms with Gasteiger partial charge in [-0.3, -0.25) is 128 Å². The van der Waals surface area contributed by atoms with Gasteiger partial charge in [0.05, 0.1) is 148 Å². The Labute approximate surface area is 789 Å². The second kappa shape index (κ2) is 38.6. The Morgan fingerprint density at radius 2 is 0.223 bits per heavy atom. The minimum Gasteiger partial charge on any atom is -0.550 e. The van der Waals surface area contributed by atoms with E-state index in [1.165, 1.54) is 231 Å². The molecule has 30 nitrogen and oxygen atoms in total. The summed E-state index contributed by atoms with van der Waals surface area (Å²) in [6.07, 6.45) is 60.4. The molecule has 0 amide bonds. The average Bonchev–Trinajstić information content (AvgIpc) is 1.60. The van der Waals surface area contributed by atoms with Gasteiger partial charge in [-0.25, -0.2) is 0 Å². The van der Waals surface area contributed by atoms with E-state index < -0.39 is 35.7 Å². The Kier molecular flexibility index (Phi) is 26.9. The zero-order valence-electron chi connectivity index (χ0n) is 77.5. The van der Waals surface area contributed by atoms with Crippen molar-refractivity contribution in [2.75, 3.05) is 0 Å². The van der Waals surface area contributed by atoms with E-state index in [9.17, 15) is 29.7 Å². The fourth-order valence-corrected chi connectivity index (χ4v) is 37.0. The van der Waals surface area contributed by atoms with E-state index in [0.29, 0.717) is 180 Å². The standard InChI is InChI=1S/3C33H56N8O2.Au/c3*42-33(43)23-15-7-14-22-24(23)32-40-30-21-13-6-5-12-20(21)28(38-30)36-26-17-9-2-1-8-16(17)25(34-26)35-27-18-10-3-4-11-19(18)29(37-27)39-31(22)41-32;/h3*16-32,34-41H,1-15H2,(H,42,43);/q;;;+3/p-3. The maximum absolute atomic E-state index is 12.5. The summed E-state index contributed by atoms with van der Waals surface area (Å²) in [5, 5.41) is 136. The van der Waals surface area contributed by atoms with E-state index in [-0.39, 0.29) is 133 Å². The van der Waals surface area contributed by atoms with Gasteiger partial charge in [-0.05, 0) is 278 Å². The Balaban J connectivity index is 0.000000108. The van der Waals surface area contributed by atoms with E-state index in [1.807, 2.05) is 0 Å². The van der Waals surface area contributed by atoms with Crippen molar-refractivity contribution >= 4 is 17.9 Å². The van der Waals surface area contributed by atoms with Crippen molar-refractivity contribution in [2.24, 2.45) is 160 Å². The van der Waals surface area contributed by atoms with Crippen molar-refractivity contribution in [1.82, 2.24) is 128 Å². The van der Waals surface area contributed by atoms with Crippen molar-refractivity contribution < 1.29 is 52.1 Å². The van der Waals surface area contributed by atoms with Crippen molar-refractivity contribution in [1.29, 1.82) is 0 Å². The number of fused-ring (bicyclic) bond motifs is 60. The van der Waals surface area contributed by atoms with Crippen LogP contribution >= 0.6 is 0 Å². The second-order valence-corrected chi connectivity index (χ2v) is 48.3. The van der Waals surface area contributed by atoms with Crippen LogP contribution in [0.25, 0.3) is 0 Å². The van der Waals surface area contributed by atoms with Gasteiger partial charge in [0, 0.05) is 53.4 Å². The summed E-state index contributed by atoms with van der Waals surface area (Å²) in [5.41, 5.74) is 0. The van der Waals surface area contributed by atoms with Crippen molar-refractivity contribution in [3.05, 3.63) is 0 Å². The Morgan fingerprint density at radius 3 is 0.331 bits per heavy atom. The van der Waals surface area contributed by atoms with Crippen LogP contribution in [0.15, 0.2) is 0 Å². The van der Waals surface area contributed by atoms with Gasteiger partial charge in [0.25, 0.3) is 0 Å². The molecule has 27 fully saturated rings. The molecule has 130 heavy (non-hydrogen) atoms. The second-order valence-electron chi connectivity index (χ2n) is 48.3. The van der Waals surface area contributed by atoms with Gasteiger partial charge < -0.3 is 29.7 Å². The molecule has 0 spiro atoms. The van der Waals surface area contributed by atoms with Gasteiger partial charge in [0.2, 0.25) is 0 Å². The molecule has 27 rings (SSSR count). The number of carboxylic acid groups (broad SMARTS) is 3. The van der Waals surface area contributed by atoms with E-state index >= 15 is 0 Å². The van der Waals surface area contributed by atoms with Crippen LogP contribution in [-0.2, 0) is 36.8 Å². The zero-order valence-corrected chi connectivity index (χ0v) is 79.7. The predicted molar refractivity (Wildman–Crippen MR) is 483 cm³/mol. The molecular weight excluding hydrogens is 1820 g/mol. The molecular formula is C99H165AuN24O6. The Hall–Kier alpha value is -1.81. The summed E-state index contributed by atoms with van der Waals surface area (Å²) in [6.45, 7) is 0. The number of aliphatic carboxylic acids is 3. The van der Waals surface area contributed by atoms with E-state index in [2.05, 4.69) is 128 Å². The number of rotatable bonds is 3. The first-order valence-electron chi connectivity index (χ1n) is 55.2. The van der Waals surface area contributed by atoms with Gasteiger partial charge in [0.1, 0.15) is 0 Å². The molecule has 24 N–H and O–H groups in total. The summed E-state index contributed by atoms with van der Waals surface area (Å²) in [6, 6.07) is 0. The number of carbonyl (C=O) groups excluding carboxylic acids is 3. The summed E-state index contributed by atoms with van der Waals surface area (Å²) in [5.74, 6) is 8.49. The molecule has 12 aliphatic carbocycles. The van der Waals surface area contributed by atoms with Crippen LogP contribution in [0.4, 0.5) is 0 Å². The topological polar surface area (TPSA) is 409 Å². The molecule has 0 aromatic carbocycles. The van der Waals surface area contributed by atoms with Crippen LogP contribution in [0.3, 0.4) is 0 Å². The molecule has 728 valence electrons. The predicted octanol–water partition coefficient (Wildman–Crippen LogP) is 1.74. The van der Waals surface area contributed by atoms with Crippen molar-refractivity contribution in [3.8, 4) is 0 Å². The van der Waals surface area contributed by atoms with Crippen LogP contribution in [0.2, 0.25) is 0 Å². The molecule has 51 unspecified atom stereocenters. The molecule has 27 aliphatic rings. The third kappa shape index (κ3) is 16.8. The molecule has 15 heterocycles. The minimum atomic E-state index is -0.857. The van der Waals surface area contributed by atoms with Gasteiger partial charge in [-0.1, -0.05) is 135 Å². The third-order valence-corrected chi connectivity index (χ3v) is 42.6. The minimum absolute atomic E-state index is 0. The van der Waals surface area contributed by atoms with Gasteiger partial charge >= 0.3 is 22.4 Å². The number of hydrogen-bond acceptors (Lipinski definition) is 30. The van der Waals surface area contributed by atoms with Crippen molar-refractivity contribution in [2.45, 2.75) is 437 Å². The summed E-state index contributed by atoms with van der Waals surface area (Å²) >= 11 is 0. The molecule has 24 bridgehead atoms. The van der Waals surface area contributed by atoms with E-state index in [4.69, 9.17) is 0 Å². The number of carbonyl (C=O) groups is 3.